The average Bonchev–Trinajstić information content (AvgIpc) is 2.77. The molecule has 0 amide bonds. The van der Waals surface area contributed by atoms with Gasteiger partial charge in [-0.05, 0) is 48.9 Å². The highest BCUT2D eigenvalue weighted by Gasteiger charge is 2.26. The zero-order valence-corrected chi connectivity index (χ0v) is 17.9. The summed E-state index contributed by atoms with van der Waals surface area (Å²) >= 11 is 6.03. The number of benzene rings is 2. The quantitative estimate of drug-likeness (QED) is 0.478. The van der Waals surface area contributed by atoms with E-state index in [0.717, 1.165) is 27.9 Å². The van der Waals surface area contributed by atoms with Crippen LogP contribution in [0.15, 0.2) is 64.7 Å². The SMILES string of the molecule is C/C(=N\Nc1ccnc2cc(Cl)ccc12)c1ccc(S(=O)(=O)N2CCOCC2)cc1. The number of hydrogen-bond acceptors (Lipinski definition) is 6. The topological polar surface area (TPSA) is 83.9 Å². The lowest BCUT2D eigenvalue weighted by atomic mass is 10.1. The first-order valence-electron chi connectivity index (χ1n) is 9.48. The van der Waals surface area contributed by atoms with Crippen LogP contribution < -0.4 is 5.43 Å². The van der Waals surface area contributed by atoms with Crippen molar-refractivity contribution in [1.82, 2.24) is 9.29 Å². The van der Waals surface area contributed by atoms with Crippen molar-refractivity contribution < 1.29 is 13.2 Å². The molecular formula is C21H21ClN4O3S. The van der Waals surface area contributed by atoms with Crippen LogP contribution in [0.3, 0.4) is 0 Å². The second-order valence-electron chi connectivity index (χ2n) is 6.87. The standard InChI is InChI=1S/C21H21ClN4O3S/c1-15(24-25-20-8-9-23-21-14-17(22)4-7-19(20)21)16-2-5-18(6-3-16)30(27,28)26-10-12-29-13-11-26/h2-9,14H,10-13H2,1H3,(H,23,25)/b24-15+. The van der Waals surface area contributed by atoms with Gasteiger partial charge in [0.25, 0.3) is 0 Å². The maximum Gasteiger partial charge on any atom is 0.243 e. The van der Waals surface area contributed by atoms with E-state index in [1.807, 2.05) is 19.1 Å². The molecule has 0 spiro atoms. The molecule has 1 aliphatic rings. The van der Waals surface area contributed by atoms with Gasteiger partial charge >= 0.3 is 0 Å². The molecule has 1 aliphatic heterocycles. The number of hydrazone groups is 1. The first-order chi connectivity index (χ1) is 14.4. The minimum Gasteiger partial charge on any atom is -0.379 e. The minimum absolute atomic E-state index is 0.269. The van der Waals surface area contributed by atoms with E-state index >= 15 is 0 Å². The number of nitrogens with zero attached hydrogens (tertiary/aromatic N) is 3. The smallest absolute Gasteiger partial charge is 0.243 e. The Bertz CT molecular complexity index is 1190. The number of pyridine rings is 1. The number of sulfonamides is 1. The molecule has 0 aliphatic carbocycles. The van der Waals surface area contributed by atoms with Crippen LogP contribution >= 0.6 is 11.6 Å². The molecule has 1 fully saturated rings. The maximum atomic E-state index is 12.7. The van der Waals surface area contributed by atoms with Crippen LogP contribution in [-0.2, 0) is 14.8 Å². The summed E-state index contributed by atoms with van der Waals surface area (Å²) in [6, 6.07) is 14.1. The lowest BCUT2D eigenvalue weighted by Crippen LogP contribution is -2.40. The minimum atomic E-state index is -3.51. The molecule has 1 aromatic heterocycles. The van der Waals surface area contributed by atoms with Crippen LogP contribution in [0.1, 0.15) is 12.5 Å². The molecular weight excluding hydrogens is 424 g/mol. The Hall–Kier alpha value is -2.52. The molecule has 4 rings (SSSR count). The van der Waals surface area contributed by atoms with Crippen LogP contribution in [0.2, 0.25) is 5.02 Å². The highest BCUT2D eigenvalue weighted by molar-refractivity contribution is 7.89. The molecule has 9 heteroatoms. The van der Waals surface area contributed by atoms with Crippen molar-refractivity contribution in [2.45, 2.75) is 11.8 Å². The number of hydrogen-bond donors (Lipinski definition) is 1. The number of halogens is 1. The maximum absolute atomic E-state index is 12.7. The van der Waals surface area contributed by atoms with Gasteiger partial charge in [0.15, 0.2) is 0 Å². The van der Waals surface area contributed by atoms with Crippen molar-refractivity contribution in [2.75, 3.05) is 31.7 Å². The molecule has 156 valence electrons. The molecule has 0 radical (unpaired) electrons. The molecule has 2 aromatic carbocycles. The number of fused-ring (bicyclic) bond motifs is 1. The number of rotatable bonds is 5. The van der Waals surface area contributed by atoms with Gasteiger partial charge in [-0.3, -0.25) is 10.4 Å². The van der Waals surface area contributed by atoms with Crippen molar-refractivity contribution in [2.24, 2.45) is 5.10 Å². The summed E-state index contributed by atoms with van der Waals surface area (Å²) in [5, 5.41) is 5.98. The highest BCUT2D eigenvalue weighted by Crippen LogP contribution is 2.24. The lowest BCUT2D eigenvalue weighted by Gasteiger charge is -2.26. The van der Waals surface area contributed by atoms with Crippen LogP contribution in [0.5, 0.6) is 0 Å². The number of aromatic nitrogens is 1. The Morgan fingerprint density at radius 1 is 1.13 bits per heavy atom. The Labute approximate surface area is 180 Å². The third kappa shape index (κ3) is 4.32. The molecule has 3 aromatic rings. The Kier molecular flexibility index (Phi) is 6.01. The third-order valence-electron chi connectivity index (χ3n) is 4.93. The summed E-state index contributed by atoms with van der Waals surface area (Å²) in [7, 11) is -3.51. The van der Waals surface area contributed by atoms with Gasteiger partial charge in [0.1, 0.15) is 0 Å². The van der Waals surface area contributed by atoms with E-state index in [-0.39, 0.29) is 4.90 Å². The highest BCUT2D eigenvalue weighted by atomic mass is 35.5. The van der Waals surface area contributed by atoms with Gasteiger partial charge in [0.2, 0.25) is 10.0 Å². The van der Waals surface area contributed by atoms with Gasteiger partial charge in [0, 0.05) is 29.7 Å². The number of ether oxygens (including phenoxy) is 1. The van der Waals surface area contributed by atoms with Gasteiger partial charge in [-0.2, -0.15) is 9.41 Å². The third-order valence-corrected chi connectivity index (χ3v) is 7.08. The fraction of sp³-hybridized carbons (Fsp3) is 0.238. The van der Waals surface area contributed by atoms with E-state index in [2.05, 4.69) is 15.5 Å². The second kappa shape index (κ2) is 8.69. The zero-order chi connectivity index (χ0) is 21.1. The summed E-state index contributed by atoms with van der Waals surface area (Å²) in [6.07, 6.45) is 1.69. The van der Waals surface area contributed by atoms with Crippen molar-refractivity contribution in [1.29, 1.82) is 0 Å². The first-order valence-corrected chi connectivity index (χ1v) is 11.3. The fourth-order valence-corrected chi connectivity index (χ4v) is 4.81. The van der Waals surface area contributed by atoms with E-state index in [1.54, 1.807) is 42.6 Å². The molecule has 30 heavy (non-hydrogen) atoms. The van der Waals surface area contributed by atoms with Crippen molar-refractivity contribution in [3.8, 4) is 0 Å². The predicted molar refractivity (Wildman–Crippen MR) is 119 cm³/mol. The molecule has 0 saturated carbocycles. The van der Waals surface area contributed by atoms with Crippen LogP contribution in [-0.4, -0.2) is 49.7 Å². The number of nitrogens with one attached hydrogen (secondary N) is 1. The fourth-order valence-electron chi connectivity index (χ4n) is 3.23. The van der Waals surface area contributed by atoms with Crippen LogP contribution in [0.25, 0.3) is 10.9 Å². The molecule has 0 atom stereocenters. The predicted octanol–water partition coefficient (Wildman–Crippen LogP) is 3.75. The van der Waals surface area contributed by atoms with Crippen LogP contribution in [0.4, 0.5) is 5.69 Å². The van der Waals surface area contributed by atoms with E-state index in [1.165, 1.54) is 4.31 Å². The molecule has 0 unspecified atom stereocenters. The molecule has 1 saturated heterocycles. The summed E-state index contributed by atoms with van der Waals surface area (Å²) in [5.74, 6) is 0. The van der Waals surface area contributed by atoms with E-state index < -0.39 is 10.0 Å². The largest absolute Gasteiger partial charge is 0.379 e. The molecule has 0 bridgehead atoms. The summed E-state index contributed by atoms with van der Waals surface area (Å²) in [5.41, 5.74) is 6.20. The molecule has 1 N–H and O–H groups in total. The van der Waals surface area contributed by atoms with Gasteiger partial charge in [-0.25, -0.2) is 8.42 Å². The van der Waals surface area contributed by atoms with E-state index in [9.17, 15) is 8.42 Å². The van der Waals surface area contributed by atoms with Gasteiger partial charge in [-0.15, -0.1) is 0 Å². The van der Waals surface area contributed by atoms with E-state index in [0.29, 0.717) is 31.3 Å². The summed E-state index contributed by atoms with van der Waals surface area (Å²) < 4.78 is 32.2. The Morgan fingerprint density at radius 3 is 2.60 bits per heavy atom. The van der Waals surface area contributed by atoms with Gasteiger partial charge in [-0.1, -0.05) is 23.7 Å². The zero-order valence-electron chi connectivity index (χ0n) is 16.4. The molecule has 7 nitrogen and oxygen atoms in total. The lowest BCUT2D eigenvalue weighted by molar-refractivity contribution is 0.0730. The Morgan fingerprint density at radius 2 is 1.87 bits per heavy atom. The second-order valence-corrected chi connectivity index (χ2v) is 9.24. The van der Waals surface area contributed by atoms with Crippen molar-refractivity contribution in [3.05, 3.63) is 65.3 Å². The monoisotopic (exact) mass is 444 g/mol. The number of morpholine rings is 1. The average molecular weight is 445 g/mol. The van der Waals surface area contributed by atoms with Crippen LogP contribution in [0, 0.1) is 0 Å². The Balaban J connectivity index is 1.53. The molecule has 2 heterocycles. The number of anilines is 1. The van der Waals surface area contributed by atoms with Gasteiger partial charge in [0.05, 0.1) is 35.0 Å². The van der Waals surface area contributed by atoms with Crippen molar-refractivity contribution >= 4 is 43.9 Å². The van der Waals surface area contributed by atoms with Crippen molar-refractivity contribution in [3.63, 3.8) is 0 Å². The van der Waals surface area contributed by atoms with Gasteiger partial charge < -0.3 is 4.74 Å². The van der Waals surface area contributed by atoms with E-state index in [4.69, 9.17) is 16.3 Å². The normalized spacial score (nSPS) is 16.0. The summed E-state index contributed by atoms with van der Waals surface area (Å²) in [4.78, 5) is 4.59. The summed E-state index contributed by atoms with van der Waals surface area (Å²) in [6.45, 7) is 3.45. The first kappa shape index (κ1) is 20.7.